The van der Waals surface area contributed by atoms with Crippen LogP contribution in [0.15, 0.2) is 18.2 Å². The lowest BCUT2D eigenvalue weighted by Gasteiger charge is -2.40. The molecule has 9 N–H and O–H groups in total. The van der Waals surface area contributed by atoms with Gasteiger partial charge in [0.05, 0.1) is 35.5 Å². The summed E-state index contributed by atoms with van der Waals surface area (Å²) < 4.78 is 11.6. The maximum Gasteiger partial charge on any atom is 0.200 e. The molecule has 5 rings (SSSR count). The summed E-state index contributed by atoms with van der Waals surface area (Å²) in [5, 5.41) is 47.0. The first kappa shape index (κ1) is 27.2. The third-order valence-electron chi connectivity index (χ3n) is 7.74. The van der Waals surface area contributed by atoms with Crippen LogP contribution in [-0.4, -0.2) is 81.5 Å². The Morgan fingerprint density at radius 2 is 1.90 bits per heavy atom. The molecule has 0 amide bonds. The van der Waals surface area contributed by atoms with Gasteiger partial charge in [0.2, 0.25) is 0 Å². The number of phenols is 2. The smallest absolute Gasteiger partial charge is 0.200 e. The number of nitrogens with two attached hydrogens (primary N) is 2. The molecule has 208 valence electrons. The van der Waals surface area contributed by atoms with Gasteiger partial charge in [-0.1, -0.05) is 12.1 Å². The molecule has 1 fully saturated rings. The minimum atomic E-state index is -1.99. The second-order valence-electron chi connectivity index (χ2n) is 10.3. The summed E-state index contributed by atoms with van der Waals surface area (Å²) in [6, 6.07) is 3.96. The fourth-order valence-electron chi connectivity index (χ4n) is 5.57. The van der Waals surface area contributed by atoms with Crippen LogP contribution in [0, 0.1) is 0 Å². The van der Waals surface area contributed by atoms with Crippen molar-refractivity contribution in [2.75, 3.05) is 25.0 Å². The minimum Gasteiger partial charge on any atom is -0.507 e. The number of anilines is 1. The monoisotopic (exact) mass is 541 g/mol. The van der Waals surface area contributed by atoms with Crippen LogP contribution in [0.4, 0.5) is 5.69 Å². The van der Waals surface area contributed by atoms with Crippen LogP contribution in [0.2, 0.25) is 0 Å². The highest BCUT2D eigenvalue weighted by atomic mass is 16.7. The van der Waals surface area contributed by atoms with Gasteiger partial charge in [0.15, 0.2) is 23.6 Å². The highest BCUT2D eigenvalue weighted by Crippen LogP contribution is 2.52. The molecular formula is C27H31N3O9. The van der Waals surface area contributed by atoms with Crippen molar-refractivity contribution < 1.29 is 44.3 Å². The number of benzene rings is 2. The molecule has 39 heavy (non-hydrogen) atoms. The van der Waals surface area contributed by atoms with Crippen LogP contribution in [0.3, 0.4) is 0 Å². The molecule has 0 spiro atoms. The summed E-state index contributed by atoms with van der Waals surface area (Å²) >= 11 is 0. The number of rotatable bonds is 6. The van der Waals surface area contributed by atoms with E-state index in [1.54, 1.807) is 12.1 Å². The third kappa shape index (κ3) is 4.39. The molecule has 1 aliphatic heterocycles. The van der Waals surface area contributed by atoms with Crippen LogP contribution >= 0.6 is 0 Å². The molecular weight excluding hydrogens is 510 g/mol. The van der Waals surface area contributed by atoms with Crippen molar-refractivity contribution in [1.82, 2.24) is 0 Å². The summed E-state index contributed by atoms with van der Waals surface area (Å²) in [5.74, 6) is -3.21. The van der Waals surface area contributed by atoms with Gasteiger partial charge in [0, 0.05) is 60.8 Å². The molecule has 1 saturated heterocycles. The topological polar surface area (TPSA) is 215 Å². The zero-order chi connectivity index (χ0) is 28.2. The van der Waals surface area contributed by atoms with Crippen LogP contribution in [0.5, 0.6) is 11.5 Å². The van der Waals surface area contributed by atoms with Crippen molar-refractivity contribution in [2.45, 2.75) is 56.3 Å². The summed E-state index contributed by atoms with van der Waals surface area (Å²) in [6.07, 6.45) is -3.77. The third-order valence-corrected chi connectivity index (χ3v) is 7.74. The van der Waals surface area contributed by atoms with E-state index < -0.39 is 76.5 Å². The van der Waals surface area contributed by atoms with Crippen molar-refractivity contribution >= 4 is 23.0 Å². The van der Waals surface area contributed by atoms with E-state index in [2.05, 4.69) is 5.32 Å². The van der Waals surface area contributed by atoms with Crippen LogP contribution in [-0.2, 0) is 20.7 Å². The van der Waals surface area contributed by atoms with Gasteiger partial charge in [0.1, 0.15) is 17.1 Å². The van der Waals surface area contributed by atoms with E-state index in [-0.39, 0.29) is 48.2 Å². The number of aliphatic hydroxyl groups excluding tert-OH is 1. The average Bonchev–Trinajstić information content (AvgIpc) is 2.89. The van der Waals surface area contributed by atoms with E-state index in [4.69, 9.17) is 20.9 Å². The number of carbonyl (C=O) groups excluding carboxylic acids is 3. The van der Waals surface area contributed by atoms with Gasteiger partial charge in [-0.05, 0) is 13.0 Å². The van der Waals surface area contributed by atoms with Gasteiger partial charge >= 0.3 is 0 Å². The molecule has 12 nitrogen and oxygen atoms in total. The lowest BCUT2D eigenvalue weighted by atomic mass is 9.72. The standard InChI is InChI=1S/C27H31N3O9/c1-11(31)27(37)8-13-20(17(9-27)39-18-7-14(29)16(32)10-38-18)26(36)22-21(24(13)34)23(33)12-3-2-4-15(30-6-5-28)19(12)25(22)35/h2-4,14,16-18,30,32,34,36-37H,5-10,28-29H2,1H3/t14-,16+,17-,18?,27-/m0/s1. The summed E-state index contributed by atoms with van der Waals surface area (Å²) in [7, 11) is 0. The lowest BCUT2D eigenvalue weighted by Crippen LogP contribution is -2.49. The van der Waals surface area contributed by atoms with Gasteiger partial charge in [-0.25, -0.2) is 0 Å². The van der Waals surface area contributed by atoms with Crippen LogP contribution in [0.1, 0.15) is 68.8 Å². The molecule has 2 aromatic carbocycles. The van der Waals surface area contributed by atoms with E-state index in [1.165, 1.54) is 13.0 Å². The quantitative estimate of drug-likeness (QED) is 0.205. The average molecular weight is 542 g/mol. The van der Waals surface area contributed by atoms with E-state index in [0.717, 1.165) is 0 Å². The van der Waals surface area contributed by atoms with Crippen LogP contribution in [0.25, 0.3) is 0 Å². The van der Waals surface area contributed by atoms with Crippen molar-refractivity contribution in [3.63, 3.8) is 0 Å². The first-order valence-corrected chi connectivity index (χ1v) is 12.7. The van der Waals surface area contributed by atoms with Gasteiger partial charge in [-0.2, -0.15) is 0 Å². The highest BCUT2D eigenvalue weighted by molar-refractivity contribution is 6.32. The van der Waals surface area contributed by atoms with E-state index in [9.17, 15) is 34.8 Å². The summed E-state index contributed by atoms with van der Waals surface area (Å²) in [4.78, 5) is 39.9. The van der Waals surface area contributed by atoms with Gasteiger partial charge in [-0.3, -0.25) is 14.4 Å². The van der Waals surface area contributed by atoms with E-state index in [0.29, 0.717) is 12.2 Å². The van der Waals surface area contributed by atoms with Crippen molar-refractivity contribution in [3.05, 3.63) is 51.6 Å². The number of fused-ring (bicyclic) bond motifs is 3. The Kier molecular flexibility index (Phi) is 6.95. The maximum absolute atomic E-state index is 13.8. The molecule has 12 heteroatoms. The Morgan fingerprint density at radius 3 is 2.56 bits per heavy atom. The number of hydrogen-bond acceptors (Lipinski definition) is 12. The van der Waals surface area contributed by atoms with Crippen molar-refractivity contribution in [2.24, 2.45) is 11.5 Å². The predicted molar refractivity (Wildman–Crippen MR) is 137 cm³/mol. The Morgan fingerprint density at radius 1 is 1.18 bits per heavy atom. The molecule has 1 unspecified atom stereocenters. The van der Waals surface area contributed by atoms with Gasteiger partial charge in [-0.15, -0.1) is 0 Å². The maximum atomic E-state index is 13.8. The number of ketones is 3. The molecule has 0 bridgehead atoms. The van der Waals surface area contributed by atoms with E-state index >= 15 is 0 Å². The van der Waals surface area contributed by atoms with Crippen LogP contribution < -0.4 is 16.8 Å². The van der Waals surface area contributed by atoms with E-state index in [1.807, 2.05) is 0 Å². The Balaban J connectivity index is 1.66. The van der Waals surface area contributed by atoms with Gasteiger partial charge < -0.3 is 46.7 Å². The number of aromatic hydroxyl groups is 2. The number of hydrogen-bond donors (Lipinski definition) is 7. The molecule has 1 heterocycles. The number of aliphatic hydroxyl groups is 2. The molecule has 5 atom stereocenters. The number of nitrogens with one attached hydrogen (secondary N) is 1. The fraction of sp³-hybridized carbons (Fsp3) is 0.444. The van der Waals surface area contributed by atoms with Gasteiger partial charge in [0.25, 0.3) is 0 Å². The number of carbonyl (C=O) groups is 3. The Labute approximate surface area is 223 Å². The molecule has 2 aromatic rings. The normalized spacial score (nSPS) is 27.9. The SMILES string of the molecule is CC(=O)[C@]1(O)Cc2c(O)c3c(c(O)c2[C@@H](OC2C[C@H](N)[C@H](O)CO2)C1)C(=O)c1c(NCCN)cccc1C3=O. The van der Waals surface area contributed by atoms with Crippen molar-refractivity contribution in [1.29, 1.82) is 0 Å². The second-order valence-corrected chi connectivity index (χ2v) is 10.3. The summed E-state index contributed by atoms with van der Waals surface area (Å²) in [5.41, 5.74) is 9.02. The molecule has 0 radical (unpaired) electrons. The Bertz CT molecular complexity index is 1380. The summed E-state index contributed by atoms with van der Waals surface area (Å²) in [6.45, 7) is 1.65. The number of ether oxygens (including phenoxy) is 2. The number of phenolic OH excluding ortho intramolecular Hbond substituents is 2. The zero-order valence-electron chi connectivity index (χ0n) is 21.3. The molecule has 2 aliphatic carbocycles. The largest absolute Gasteiger partial charge is 0.507 e. The lowest BCUT2D eigenvalue weighted by molar-refractivity contribution is -0.223. The highest BCUT2D eigenvalue weighted by Gasteiger charge is 2.49. The zero-order valence-corrected chi connectivity index (χ0v) is 21.3. The fourth-order valence-corrected chi connectivity index (χ4v) is 5.57. The minimum absolute atomic E-state index is 0.0257. The molecule has 3 aliphatic rings. The second kappa shape index (κ2) is 9.97. The Hall–Kier alpha value is -3.39. The first-order valence-electron chi connectivity index (χ1n) is 12.7. The van der Waals surface area contributed by atoms with Crippen molar-refractivity contribution in [3.8, 4) is 11.5 Å². The number of Topliss-reactive ketones (excluding diaryl/α,β-unsaturated/α-hetero) is 1. The molecule has 0 saturated carbocycles. The first-order chi connectivity index (χ1) is 18.5. The molecule has 0 aromatic heterocycles. The predicted octanol–water partition coefficient (Wildman–Crippen LogP) is 0.00240.